The molecule has 8 rings (SSSR count). The van der Waals surface area contributed by atoms with E-state index in [-0.39, 0.29) is 0 Å². The molecule has 8 aromatic rings. The largest absolute Gasteiger partial charge is 0.0622 e. The first-order chi connectivity index (χ1) is 21.2. The van der Waals surface area contributed by atoms with Crippen LogP contribution in [0.5, 0.6) is 0 Å². The maximum absolute atomic E-state index is 2.37. The lowest BCUT2D eigenvalue weighted by Gasteiger charge is -2.19. The Hall–Kier alpha value is -5.46. The Kier molecular flexibility index (Phi) is 6.12. The molecular formula is C43H30. The van der Waals surface area contributed by atoms with Crippen molar-refractivity contribution >= 4 is 32.3 Å². The topological polar surface area (TPSA) is 0 Å². The Labute approximate surface area is 252 Å². The van der Waals surface area contributed by atoms with Gasteiger partial charge in [-0.3, -0.25) is 0 Å². The standard InChI is InChI=1S/C43H30/c1-29-22-25-40-41(26-29)43(35-24-23-30-12-5-6-15-32(30)27-35)39-21-10-9-20-38(39)42(40)34-17-11-16-33(28-34)37-19-8-7-18-36(37)31-13-3-2-4-14-31/h2-28H,1H3. The molecule has 0 aromatic heterocycles. The van der Waals surface area contributed by atoms with Crippen LogP contribution in [0.2, 0.25) is 0 Å². The fraction of sp³-hybridized carbons (Fsp3) is 0.0233. The first-order valence-corrected chi connectivity index (χ1v) is 14.9. The summed E-state index contributed by atoms with van der Waals surface area (Å²) >= 11 is 0. The lowest BCUT2D eigenvalue weighted by molar-refractivity contribution is 1.51. The smallest absolute Gasteiger partial charge is 0.00261 e. The number of aryl methyl sites for hydroxylation is 1. The highest BCUT2D eigenvalue weighted by molar-refractivity contribution is 6.22. The molecule has 0 nitrogen and oxygen atoms in total. The number of rotatable bonds is 4. The molecule has 0 aliphatic rings. The average molecular weight is 547 g/mol. The van der Waals surface area contributed by atoms with Crippen LogP contribution in [-0.2, 0) is 0 Å². The molecule has 43 heavy (non-hydrogen) atoms. The normalized spacial score (nSPS) is 11.4. The van der Waals surface area contributed by atoms with Crippen LogP contribution in [0.4, 0.5) is 0 Å². The molecule has 0 unspecified atom stereocenters. The lowest BCUT2D eigenvalue weighted by Crippen LogP contribution is -1.92. The van der Waals surface area contributed by atoms with E-state index in [0.717, 1.165) is 0 Å². The van der Waals surface area contributed by atoms with Crippen molar-refractivity contribution in [2.45, 2.75) is 6.92 Å². The predicted molar refractivity (Wildman–Crippen MR) is 185 cm³/mol. The highest BCUT2D eigenvalue weighted by Crippen LogP contribution is 2.45. The van der Waals surface area contributed by atoms with Gasteiger partial charge in [-0.05, 0) is 95.9 Å². The Balaban J connectivity index is 1.40. The second-order valence-electron chi connectivity index (χ2n) is 11.4. The third-order valence-corrected chi connectivity index (χ3v) is 8.69. The third kappa shape index (κ3) is 4.40. The van der Waals surface area contributed by atoms with Crippen LogP contribution in [0.1, 0.15) is 5.56 Å². The predicted octanol–water partition coefficient (Wildman–Crippen LogP) is 12.1. The summed E-state index contributed by atoms with van der Waals surface area (Å²) in [4.78, 5) is 0. The summed E-state index contributed by atoms with van der Waals surface area (Å²) in [5.74, 6) is 0. The van der Waals surface area contributed by atoms with E-state index >= 15 is 0 Å². The zero-order chi connectivity index (χ0) is 28.8. The number of fused-ring (bicyclic) bond motifs is 3. The first kappa shape index (κ1) is 25.3. The molecule has 0 atom stereocenters. The molecule has 0 N–H and O–H groups in total. The van der Waals surface area contributed by atoms with Crippen molar-refractivity contribution < 1.29 is 0 Å². The quantitative estimate of drug-likeness (QED) is 0.193. The van der Waals surface area contributed by atoms with Crippen molar-refractivity contribution in [3.63, 3.8) is 0 Å². The van der Waals surface area contributed by atoms with Gasteiger partial charge in [-0.2, -0.15) is 0 Å². The molecule has 0 aliphatic carbocycles. The van der Waals surface area contributed by atoms with Crippen LogP contribution < -0.4 is 0 Å². The van der Waals surface area contributed by atoms with Crippen LogP contribution >= 0.6 is 0 Å². The second-order valence-corrected chi connectivity index (χ2v) is 11.4. The summed E-state index contributed by atoms with van der Waals surface area (Å²) in [6.07, 6.45) is 0. The van der Waals surface area contributed by atoms with Crippen molar-refractivity contribution in [2.75, 3.05) is 0 Å². The van der Waals surface area contributed by atoms with Crippen LogP contribution in [0, 0.1) is 6.92 Å². The Morgan fingerprint density at radius 2 is 0.860 bits per heavy atom. The lowest BCUT2D eigenvalue weighted by atomic mass is 9.84. The van der Waals surface area contributed by atoms with Gasteiger partial charge in [0.05, 0.1) is 0 Å². The molecule has 0 radical (unpaired) electrons. The number of benzene rings is 8. The summed E-state index contributed by atoms with van der Waals surface area (Å²) < 4.78 is 0. The fourth-order valence-electron chi connectivity index (χ4n) is 6.71. The van der Waals surface area contributed by atoms with E-state index in [1.165, 1.54) is 82.4 Å². The van der Waals surface area contributed by atoms with Crippen molar-refractivity contribution in [3.05, 3.63) is 169 Å². The van der Waals surface area contributed by atoms with Gasteiger partial charge in [-0.25, -0.2) is 0 Å². The highest BCUT2D eigenvalue weighted by Gasteiger charge is 2.18. The summed E-state index contributed by atoms with van der Waals surface area (Å²) in [6.45, 7) is 2.19. The number of hydrogen-bond donors (Lipinski definition) is 0. The SMILES string of the molecule is Cc1ccc2c(-c3cccc(-c4ccccc4-c4ccccc4)c3)c3ccccc3c(-c3ccc4ccccc4c3)c2c1. The van der Waals surface area contributed by atoms with Gasteiger partial charge in [0.25, 0.3) is 0 Å². The summed E-state index contributed by atoms with van der Waals surface area (Å²) in [6, 6.07) is 59.9. The second kappa shape index (κ2) is 10.4. The Bertz CT molecular complexity index is 2290. The summed E-state index contributed by atoms with van der Waals surface area (Å²) in [5.41, 5.74) is 11.3. The first-order valence-electron chi connectivity index (χ1n) is 14.9. The molecule has 0 saturated carbocycles. The third-order valence-electron chi connectivity index (χ3n) is 8.69. The summed E-state index contributed by atoms with van der Waals surface area (Å²) in [5, 5.41) is 7.65. The van der Waals surface area contributed by atoms with Crippen molar-refractivity contribution in [3.8, 4) is 44.5 Å². The number of hydrogen-bond acceptors (Lipinski definition) is 0. The van der Waals surface area contributed by atoms with Crippen LogP contribution in [0.15, 0.2) is 164 Å². The van der Waals surface area contributed by atoms with E-state index < -0.39 is 0 Å². The molecule has 0 heterocycles. The van der Waals surface area contributed by atoms with Crippen molar-refractivity contribution in [2.24, 2.45) is 0 Å². The van der Waals surface area contributed by atoms with E-state index in [1.54, 1.807) is 0 Å². The van der Waals surface area contributed by atoms with Crippen molar-refractivity contribution in [1.82, 2.24) is 0 Å². The molecule has 0 amide bonds. The van der Waals surface area contributed by atoms with Gasteiger partial charge in [0.2, 0.25) is 0 Å². The van der Waals surface area contributed by atoms with Crippen LogP contribution in [0.25, 0.3) is 76.8 Å². The van der Waals surface area contributed by atoms with Gasteiger partial charge < -0.3 is 0 Å². The van der Waals surface area contributed by atoms with Gasteiger partial charge >= 0.3 is 0 Å². The zero-order valence-corrected chi connectivity index (χ0v) is 24.1. The molecule has 0 spiro atoms. The minimum Gasteiger partial charge on any atom is -0.0622 e. The van der Waals surface area contributed by atoms with E-state index in [0.29, 0.717) is 0 Å². The van der Waals surface area contributed by atoms with Crippen LogP contribution in [-0.4, -0.2) is 0 Å². The maximum Gasteiger partial charge on any atom is -0.00261 e. The molecule has 202 valence electrons. The molecule has 0 bridgehead atoms. The molecule has 8 aromatic carbocycles. The van der Waals surface area contributed by atoms with E-state index in [9.17, 15) is 0 Å². The Morgan fingerprint density at radius 3 is 1.65 bits per heavy atom. The molecule has 0 aliphatic heterocycles. The van der Waals surface area contributed by atoms with Gasteiger partial charge in [0, 0.05) is 0 Å². The minimum atomic E-state index is 1.22. The highest BCUT2D eigenvalue weighted by atomic mass is 14.2. The zero-order valence-electron chi connectivity index (χ0n) is 24.1. The molecule has 0 fully saturated rings. The Morgan fingerprint density at radius 1 is 0.302 bits per heavy atom. The monoisotopic (exact) mass is 546 g/mol. The molecular weight excluding hydrogens is 516 g/mol. The van der Waals surface area contributed by atoms with E-state index in [2.05, 4.69) is 171 Å². The minimum absolute atomic E-state index is 1.22. The van der Waals surface area contributed by atoms with Gasteiger partial charge in [0.15, 0.2) is 0 Å². The van der Waals surface area contributed by atoms with E-state index in [1.807, 2.05) is 0 Å². The van der Waals surface area contributed by atoms with Gasteiger partial charge in [-0.15, -0.1) is 0 Å². The maximum atomic E-state index is 2.37. The van der Waals surface area contributed by atoms with Gasteiger partial charge in [-0.1, -0.05) is 157 Å². The molecule has 0 heteroatoms. The van der Waals surface area contributed by atoms with Crippen molar-refractivity contribution in [1.29, 1.82) is 0 Å². The average Bonchev–Trinajstić information content (AvgIpc) is 3.07. The fourth-order valence-corrected chi connectivity index (χ4v) is 6.71. The molecule has 0 saturated heterocycles. The van der Waals surface area contributed by atoms with Gasteiger partial charge in [0.1, 0.15) is 0 Å². The summed E-state index contributed by atoms with van der Waals surface area (Å²) in [7, 11) is 0. The van der Waals surface area contributed by atoms with E-state index in [4.69, 9.17) is 0 Å². The van der Waals surface area contributed by atoms with Crippen LogP contribution in [0.3, 0.4) is 0 Å².